The van der Waals surface area contributed by atoms with E-state index in [0.717, 1.165) is 69.5 Å². The first-order valence-corrected chi connectivity index (χ1v) is 10.8. The van der Waals surface area contributed by atoms with Gasteiger partial charge in [-0.2, -0.15) is 0 Å². The van der Waals surface area contributed by atoms with Crippen molar-refractivity contribution in [2.24, 2.45) is 5.92 Å². The number of nitrogens with zero attached hydrogens (tertiary/aromatic N) is 2. The lowest BCUT2D eigenvalue weighted by atomic mass is 9.95. The summed E-state index contributed by atoms with van der Waals surface area (Å²) in [7, 11) is 0. The van der Waals surface area contributed by atoms with E-state index in [-0.39, 0.29) is 11.8 Å². The molecule has 0 aliphatic carbocycles. The van der Waals surface area contributed by atoms with Crippen molar-refractivity contribution in [3.05, 3.63) is 59.1 Å². The van der Waals surface area contributed by atoms with E-state index in [1.54, 1.807) is 0 Å². The van der Waals surface area contributed by atoms with Gasteiger partial charge in [-0.1, -0.05) is 23.7 Å². The molecule has 0 spiro atoms. The zero-order valence-electron chi connectivity index (χ0n) is 16.6. The van der Waals surface area contributed by atoms with Gasteiger partial charge in [-0.05, 0) is 67.9 Å². The Morgan fingerprint density at radius 2 is 1.62 bits per heavy atom. The van der Waals surface area contributed by atoms with E-state index in [1.807, 2.05) is 24.3 Å². The van der Waals surface area contributed by atoms with Crippen LogP contribution in [-0.2, 0) is 16.1 Å². The first-order valence-electron chi connectivity index (χ1n) is 10.4. The number of anilines is 2. The number of piperidine rings is 1. The van der Waals surface area contributed by atoms with E-state index < -0.39 is 0 Å². The number of ether oxygens (including phenoxy) is 1. The van der Waals surface area contributed by atoms with Crippen molar-refractivity contribution in [2.75, 3.05) is 49.6 Å². The van der Waals surface area contributed by atoms with Gasteiger partial charge in [0.1, 0.15) is 0 Å². The zero-order chi connectivity index (χ0) is 20.1. The topological polar surface area (TPSA) is 44.8 Å². The van der Waals surface area contributed by atoms with E-state index in [4.69, 9.17) is 16.3 Å². The second-order valence-electron chi connectivity index (χ2n) is 7.81. The van der Waals surface area contributed by atoms with Gasteiger partial charge in [0.05, 0.1) is 13.2 Å². The minimum absolute atomic E-state index is 0.0791. The molecule has 1 amide bonds. The molecule has 0 saturated carbocycles. The SMILES string of the molecule is O=C(Nc1ccc(N2CCOCC2)cc1)C1CCN(Cc2ccc(Cl)cc2)CC1. The van der Waals surface area contributed by atoms with Crippen LogP contribution in [0.15, 0.2) is 48.5 Å². The summed E-state index contributed by atoms with van der Waals surface area (Å²) in [4.78, 5) is 17.4. The van der Waals surface area contributed by atoms with Crippen molar-refractivity contribution in [1.82, 2.24) is 4.90 Å². The lowest BCUT2D eigenvalue weighted by molar-refractivity contribution is -0.121. The fourth-order valence-corrected chi connectivity index (χ4v) is 4.15. The fraction of sp³-hybridized carbons (Fsp3) is 0.435. The molecule has 0 unspecified atom stereocenters. The third kappa shape index (κ3) is 5.50. The number of carbonyl (C=O) groups excluding carboxylic acids is 1. The molecule has 154 valence electrons. The van der Waals surface area contributed by atoms with Crippen LogP contribution in [0.5, 0.6) is 0 Å². The number of morpholine rings is 1. The first-order chi connectivity index (χ1) is 14.2. The third-order valence-electron chi connectivity index (χ3n) is 5.79. The highest BCUT2D eigenvalue weighted by Crippen LogP contribution is 2.23. The van der Waals surface area contributed by atoms with Crippen LogP contribution in [-0.4, -0.2) is 50.2 Å². The average molecular weight is 414 g/mol. The van der Waals surface area contributed by atoms with Crippen LogP contribution in [0.25, 0.3) is 0 Å². The number of amides is 1. The largest absolute Gasteiger partial charge is 0.378 e. The van der Waals surface area contributed by atoms with E-state index in [0.29, 0.717) is 0 Å². The quantitative estimate of drug-likeness (QED) is 0.803. The van der Waals surface area contributed by atoms with Gasteiger partial charge in [-0.25, -0.2) is 0 Å². The Hall–Kier alpha value is -2.08. The van der Waals surface area contributed by atoms with Crippen molar-refractivity contribution in [3.63, 3.8) is 0 Å². The molecule has 6 heteroatoms. The second kappa shape index (κ2) is 9.61. The lowest BCUT2D eigenvalue weighted by Gasteiger charge is -2.31. The fourth-order valence-electron chi connectivity index (χ4n) is 4.02. The van der Waals surface area contributed by atoms with Crippen LogP contribution in [0.2, 0.25) is 5.02 Å². The number of halogens is 1. The number of carbonyl (C=O) groups is 1. The number of benzene rings is 2. The summed E-state index contributed by atoms with van der Waals surface area (Å²) in [5, 5.41) is 3.86. The molecule has 2 aromatic carbocycles. The molecular formula is C23H28ClN3O2. The predicted octanol–water partition coefficient (Wildman–Crippen LogP) is 4.03. The van der Waals surface area contributed by atoms with Crippen molar-refractivity contribution in [1.29, 1.82) is 0 Å². The molecule has 2 saturated heterocycles. The second-order valence-corrected chi connectivity index (χ2v) is 8.25. The Labute approximate surface area is 177 Å². The molecule has 0 bridgehead atoms. The van der Waals surface area contributed by atoms with Crippen molar-refractivity contribution in [3.8, 4) is 0 Å². The van der Waals surface area contributed by atoms with Crippen molar-refractivity contribution < 1.29 is 9.53 Å². The van der Waals surface area contributed by atoms with E-state index >= 15 is 0 Å². The highest BCUT2D eigenvalue weighted by Gasteiger charge is 2.25. The van der Waals surface area contributed by atoms with E-state index in [1.165, 1.54) is 11.3 Å². The molecule has 1 N–H and O–H groups in total. The monoisotopic (exact) mass is 413 g/mol. The van der Waals surface area contributed by atoms with Crippen molar-refractivity contribution in [2.45, 2.75) is 19.4 Å². The summed E-state index contributed by atoms with van der Waals surface area (Å²) in [5.41, 5.74) is 3.31. The van der Waals surface area contributed by atoms with Crippen LogP contribution >= 0.6 is 11.6 Å². The molecular weight excluding hydrogens is 386 g/mol. The lowest BCUT2D eigenvalue weighted by Crippen LogP contribution is -2.37. The molecule has 2 aromatic rings. The molecule has 0 atom stereocenters. The van der Waals surface area contributed by atoms with Gasteiger partial charge in [0.25, 0.3) is 0 Å². The molecule has 5 nitrogen and oxygen atoms in total. The maximum atomic E-state index is 12.7. The minimum atomic E-state index is 0.0791. The number of rotatable bonds is 5. The maximum absolute atomic E-state index is 12.7. The average Bonchev–Trinajstić information content (AvgIpc) is 2.77. The Balaban J connectivity index is 1.24. The van der Waals surface area contributed by atoms with Gasteiger partial charge in [0, 0.05) is 41.9 Å². The number of likely N-dealkylation sites (tertiary alicyclic amines) is 1. The molecule has 2 heterocycles. The van der Waals surface area contributed by atoms with Crippen LogP contribution in [0.4, 0.5) is 11.4 Å². The smallest absolute Gasteiger partial charge is 0.227 e. The summed E-state index contributed by atoms with van der Waals surface area (Å²) in [6, 6.07) is 16.2. The van der Waals surface area contributed by atoms with E-state index in [9.17, 15) is 4.79 Å². The number of hydrogen-bond donors (Lipinski definition) is 1. The normalized spacial score (nSPS) is 18.6. The Morgan fingerprint density at radius 1 is 0.966 bits per heavy atom. The van der Waals surface area contributed by atoms with Gasteiger partial charge in [0.15, 0.2) is 0 Å². The summed E-state index contributed by atoms with van der Waals surface area (Å²) in [5.74, 6) is 0.214. The molecule has 0 radical (unpaired) electrons. The highest BCUT2D eigenvalue weighted by atomic mass is 35.5. The minimum Gasteiger partial charge on any atom is -0.378 e. The van der Waals surface area contributed by atoms with Gasteiger partial charge in [0.2, 0.25) is 5.91 Å². The molecule has 29 heavy (non-hydrogen) atoms. The highest BCUT2D eigenvalue weighted by molar-refractivity contribution is 6.30. The summed E-state index contributed by atoms with van der Waals surface area (Å²) < 4.78 is 5.40. The number of nitrogens with one attached hydrogen (secondary N) is 1. The Kier molecular flexibility index (Phi) is 6.70. The maximum Gasteiger partial charge on any atom is 0.227 e. The number of hydrogen-bond acceptors (Lipinski definition) is 4. The Morgan fingerprint density at radius 3 is 2.28 bits per heavy atom. The van der Waals surface area contributed by atoms with Crippen LogP contribution < -0.4 is 10.2 Å². The van der Waals surface area contributed by atoms with Gasteiger partial charge in [-0.15, -0.1) is 0 Å². The molecule has 2 aliphatic heterocycles. The Bertz CT molecular complexity index is 796. The van der Waals surface area contributed by atoms with Crippen LogP contribution in [0, 0.1) is 5.92 Å². The summed E-state index contributed by atoms with van der Waals surface area (Å²) in [6.07, 6.45) is 1.79. The predicted molar refractivity (Wildman–Crippen MR) is 118 cm³/mol. The van der Waals surface area contributed by atoms with Crippen molar-refractivity contribution >= 4 is 28.9 Å². The van der Waals surface area contributed by atoms with Gasteiger partial charge in [-0.3, -0.25) is 9.69 Å². The molecule has 2 fully saturated rings. The van der Waals surface area contributed by atoms with E-state index in [2.05, 4.69) is 39.4 Å². The molecule has 2 aliphatic rings. The zero-order valence-corrected chi connectivity index (χ0v) is 17.4. The third-order valence-corrected chi connectivity index (χ3v) is 6.04. The summed E-state index contributed by atoms with van der Waals surface area (Å²) in [6.45, 7) is 6.17. The van der Waals surface area contributed by atoms with Gasteiger partial charge < -0.3 is 15.0 Å². The standard InChI is InChI=1S/C23H28ClN3O2/c24-20-3-1-18(2-4-20)17-26-11-9-19(10-12-26)23(28)25-21-5-7-22(8-6-21)27-13-15-29-16-14-27/h1-8,19H,9-17H2,(H,25,28). The molecule has 0 aromatic heterocycles. The van der Waals surface area contributed by atoms with Crippen LogP contribution in [0.3, 0.4) is 0 Å². The van der Waals surface area contributed by atoms with Crippen LogP contribution in [0.1, 0.15) is 18.4 Å². The molecule has 4 rings (SSSR count). The van der Waals surface area contributed by atoms with Gasteiger partial charge >= 0.3 is 0 Å². The summed E-state index contributed by atoms with van der Waals surface area (Å²) >= 11 is 5.96. The first kappa shape index (κ1) is 20.2.